The Morgan fingerprint density at radius 1 is 1.29 bits per heavy atom. The molecule has 0 saturated carbocycles. The Morgan fingerprint density at radius 3 is 2.76 bits per heavy atom. The molecule has 4 heteroatoms. The molecule has 1 aromatic carbocycles. The largest absolute Gasteiger partial charge is 0.370 e. The predicted octanol–water partition coefficient (Wildman–Crippen LogP) is 3.09. The van der Waals surface area contributed by atoms with Gasteiger partial charge in [0.05, 0.1) is 0 Å². The number of carbonyl (C=O) groups excluding carboxylic acids is 1. The van der Waals surface area contributed by atoms with Gasteiger partial charge in [-0.2, -0.15) is 0 Å². The van der Waals surface area contributed by atoms with Crippen LogP contribution in [0.5, 0.6) is 0 Å². The van der Waals surface area contributed by atoms with Gasteiger partial charge in [0.25, 0.3) is 5.91 Å². The summed E-state index contributed by atoms with van der Waals surface area (Å²) in [6.45, 7) is 5.44. The molecular formula is C17H21N3O. The second kappa shape index (κ2) is 6.88. The Labute approximate surface area is 125 Å². The van der Waals surface area contributed by atoms with Crippen LogP contribution in [0.3, 0.4) is 0 Å². The molecule has 0 aliphatic carbocycles. The number of carbonyl (C=O) groups is 1. The van der Waals surface area contributed by atoms with Gasteiger partial charge in [-0.1, -0.05) is 24.3 Å². The summed E-state index contributed by atoms with van der Waals surface area (Å²) < 4.78 is 0. The summed E-state index contributed by atoms with van der Waals surface area (Å²) in [6, 6.07) is 11.7. The molecule has 1 heterocycles. The summed E-state index contributed by atoms with van der Waals surface area (Å²) in [6.07, 6.45) is 1.66. The molecule has 0 aliphatic rings. The van der Waals surface area contributed by atoms with Crippen molar-refractivity contribution < 1.29 is 4.79 Å². The second-order valence-corrected chi connectivity index (χ2v) is 5.05. The Balaban J connectivity index is 2.12. The number of pyridine rings is 1. The minimum atomic E-state index is -0.000180. The number of amides is 1. The number of hydrogen-bond donors (Lipinski definition) is 1. The maximum absolute atomic E-state index is 12.5. The highest BCUT2D eigenvalue weighted by Crippen LogP contribution is 2.13. The summed E-state index contributed by atoms with van der Waals surface area (Å²) in [7, 11) is 1.82. The van der Waals surface area contributed by atoms with E-state index in [4.69, 9.17) is 0 Å². The summed E-state index contributed by atoms with van der Waals surface area (Å²) >= 11 is 0. The molecular weight excluding hydrogens is 262 g/mol. The average Bonchev–Trinajstić information content (AvgIpc) is 2.49. The smallest absolute Gasteiger partial charge is 0.254 e. The van der Waals surface area contributed by atoms with Gasteiger partial charge in [-0.05, 0) is 37.1 Å². The van der Waals surface area contributed by atoms with Crippen LogP contribution < -0.4 is 5.32 Å². The van der Waals surface area contributed by atoms with Crippen LogP contribution in [0.25, 0.3) is 0 Å². The van der Waals surface area contributed by atoms with Gasteiger partial charge in [-0.15, -0.1) is 0 Å². The van der Waals surface area contributed by atoms with E-state index >= 15 is 0 Å². The lowest BCUT2D eigenvalue weighted by atomic mass is 10.1. The average molecular weight is 283 g/mol. The van der Waals surface area contributed by atoms with Crippen molar-refractivity contribution in [2.24, 2.45) is 0 Å². The molecule has 1 aromatic heterocycles. The van der Waals surface area contributed by atoms with E-state index in [-0.39, 0.29) is 5.91 Å². The zero-order chi connectivity index (χ0) is 15.2. The van der Waals surface area contributed by atoms with E-state index in [9.17, 15) is 4.79 Å². The molecule has 0 unspecified atom stereocenters. The molecule has 1 amide bonds. The lowest BCUT2D eigenvalue weighted by Gasteiger charge is -2.19. The first-order chi connectivity index (χ1) is 10.1. The molecule has 0 aliphatic heterocycles. The van der Waals surface area contributed by atoms with Crippen molar-refractivity contribution in [1.82, 2.24) is 9.88 Å². The molecule has 0 spiro atoms. The van der Waals surface area contributed by atoms with Crippen molar-refractivity contribution in [3.63, 3.8) is 0 Å². The van der Waals surface area contributed by atoms with Crippen LogP contribution in [0.15, 0.2) is 42.6 Å². The van der Waals surface area contributed by atoms with E-state index in [1.807, 2.05) is 26.1 Å². The van der Waals surface area contributed by atoms with Crippen LogP contribution in [-0.4, -0.2) is 29.4 Å². The van der Waals surface area contributed by atoms with Gasteiger partial charge in [0.1, 0.15) is 5.82 Å². The van der Waals surface area contributed by atoms with Crippen LogP contribution in [-0.2, 0) is 6.54 Å². The number of aromatic nitrogens is 1. The number of hydrogen-bond acceptors (Lipinski definition) is 3. The fourth-order valence-electron chi connectivity index (χ4n) is 2.18. The van der Waals surface area contributed by atoms with Gasteiger partial charge in [-0.3, -0.25) is 4.79 Å². The topological polar surface area (TPSA) is 45.2 Å². The van der Waals surface area contributed by atoms with Crippen molar-refractivity contribution >= 4 is 11.7 Å². The van der Waals surface area contributed by atoms with Gasteiger partial charge in [0.2, 0.25) is 0 Å². The minimum absolute atomic E-state index is 0.000180. The standard InChI is InChI=1S/C17H21N3O/c1-4-18-16-11-14(9-10-19-16)17(21)20(3)12-15-8-6-5-7-13(15)2/h5-11H,4,12H2,1-3H3,(H,18,19). The van der Waals surface area contributed by atoms with Gasteiger partial charge in [-0.25, -0.2) is 4.98 Å². The predicted molar refractivity (Wildman–Crippen MR) is 85.4 cm³/mol. The monoisotopic (exact) mass is 283 g/mol. The highest BCUT2D eigenvalue weighted by Gasteiger charge is 2.13. The number of benzene rings is 1. The molecule has 110 valence electrons. The zero-order valence-corrected chi connectivity index (χ0v) is 12.8. The maximum Gasteiger partial charge on any atom is 0.254 e. The molecule has 0 fully saturated rings. The second-order valence-electron chi connectivity index (χ2n) is 5.05. The fraction of sp³-hybridized carbons (Fsp3) is 0.294. The van der Waals surface area contributed by atoms with Crippen molar-refractivity contribution in [2.45, 2.75) is 20.4 Å². The van der Waals surface area contributed by atoms with Crippen LogP contribution in [0.1, 0.15) is 28.4 Å². The highest BCUT2D eigenvalue weighted by atomic mass is 16.2. The highest BCUT2D eigenvalue weighted by molar-refractivity contribution is 5.94. The number of rotatable bonds is 5. The van der Waals surface area contributed by atoms with Gasteiger partial charge >= 0.3 is 0 Å². The number of aryl methyl sites for hydroxylation is 1. The Morgan fingerprint density at radius 2 is 2.05 bits per heavy atom. The van der Waals surface area contributed by atoms with E-state index in [0.717, 1.165) is 17.9 Å². The molecule has 1 N–H and O–H groups in total. The SMILES string of the molecule is CCNc1cc(C(=O)N(C)Cc2ccccc2C)ccn1. The van der Waals surface area contributed by atoms with E-state index in [1.165, 1.54) is 5.56 Å². The summed E-state index contributed by atoms with van der Waals surface area (Å²) in [5.41, 5.74) is 3.01. The Bertz CT molecular complexity index is 625. The van der Waals surface area contributed by atoms with Crippen LogP contribution in [0.2, 0.25) is 0 Å². The zero-order valence-electron chi connectivity index (χ0n) is 12.8. The number of nitrogens with one attached hydrogen (secondary N) is 1. The molecule has 0 saturated heterocycles. The van der Waals surface area contributed by atoms with Crippen molar-refractivity contribution in [3.8, 4) is 0 Å². The summed E-state index contributed by atoms with van der Waals surface area (Å²) in [4.78, 5) is 18.4. The van der Waals surface area contributed by atoms with E-state index in [0.29, 0.717) is 12.1 Å². The Kier molecular flexibility index (Phi) is 4.93. The number of nitrogens with zero attached hydrogens (tertiary/aromatic N) is 2. The third-order valence-corrected chi connectivity index (χ3v) is 3.38. The van der Waals surface area contributed by atoms with E-state index in [1.54, 1.807) is 23.2 Å². The first-order valence-corrected chi connectivity index (χ1v) is 7.11. The van der Waals surface area contributed by atoms with Crippen LogP contribution >= 0.6 is 0 Å². The molecule has 2 aromatic rings. The summed E-state index contributed by atoms with van der Waals surface area (Å²) in [5.74, 6) is 0.729. The third kappa shape index (κ3) is 3.81. The van der Waals surface area contributed by atoms with E-state index in [2.05, 4.69) is 29.4 Å². The fourth-order valence-corrected chi connectivity index (χ4v) is 2.18. The van der Waals surface area contributed by atoms with Gasteiger partial charge in [0, 0.05) is 31.9 Å². The van der Waals surface area contributed by atoms with Crippen molar-refractivity contribution in [2.75, 3.05) is 18.9 Å². The molecule has 21 heavy (non-hydrogen) atoms. The third-order valence-electron chi connectivity index (χ3n) is 3.38. The summed E-state index contributed by atoms with van der Waals surface area (Å²) in [5, 5.41) is 3.12. The van der Waals surface area contributed by atoms with Crippen molar-refractivity contribution in [3.05, 3.63) is 59.3 Å². The maximum atomic E-state index is 12.5. The quantitative estimate of drug-likeness (QED) is 0.917. The van der Waals surface area contributed by atoms with Crippen molar-refractivity contribution in [1.29, 1.82) is 0 Å². The lowest BCUT2D eigenvalue weighted by Crippen LogP contribution is -2.26. The molecule has 4 nitrogen and oxygen atoms in total. The van der Waals surface area contributed by atoms with Crippen LogP contribution in [0, 0.1) is 6.92 Å². The molecule has 0 atom stereocenters. The Hall–Kier alpha value is -2.36. The molecule has 2 rings (SSSR count). The van der Waals surface area contributed by atoms with Crippen LogP contribution in [0.4, 0.5) is 5.82 Å². The molecule has 0 bridgehead atoms. The first kappa shape index (κ1) is 15.0. The normalized spacial score (nSPS) is 10.2. The minimum Gasteiger partial charge on any atom is -0.370 e. The van der Waals surface area contributed by atoms with Gasteiger partial charge in [0.15, 0.2) is 0 Å². The van der Waals surface area contributed by atoms with E-state index < -0.39 is 0 Å². The molecule has 0 radical (unpaired) electrons. The lowest BCUT2D eigenvalue weighted by molar-refractivity contribution is 0.0785. The first-order valence-electron chi connectivity index (χ1n) is 7.11. The van der Waals surface area contributed by atoms with Gasteiger partial charge < -0.3 is 10.2 Å². The number of anilines is 1.